The number of thioether (sulfide) groups is 1. The van der Waals surface area contributed by atoms with Crippen LogP contribution in [-0.4, -0.2) is 22.6 Å². The molecule has 5 heteroatoms. The van der Waals surface area contributed by atoms with Crippen LogP contribution >= 0.6 is 24.0 Å². The van der Waals surface area contributed by atoms with Crippen LogP contribution in [0.3, 0.4) is 0 Å². The number of carbonyl (C=O) groups is 1. The molecule has 1 saturated heterocycles. The second-order valence-electron chi connectivity index (χ2n) is 3.37. The van der Waals surface area contributed by atoms with E-state index < -0.39 is 0 Å². The molecule has 1 aromatic carbocycles. The molecule has 0 N–H and O–H groups in total. The molecule has 0 unspecified atom stereocenters. The smallest absolute Gasteiger partial charge is 0.246 e. The van der Waals surface area contributed by atoms with Gasteiger partial charge in [-0.25, -0.2) is 0 Å². The molecule has 1 aromatic rings. The van der Waals surface area contributed by atoms with E-state index >= 15 is 0 Å². The molecule has 1 atom stereocenters. The van der Waals surface area contributed by atoms with Gasteiger partial charge >= 0.3 is 0 Å². The van der Waals surface area contributed by atoms with Crippen molar-refractivity contribution in [2.45, 2.75) is 12.2 Å². The van der Waals surface area contributed by atoms with Gasteiger partial charge in [0.25, 0.3) is 0 Å². The zero-order valence-electron chi connectivity index (χ0n) is 8.97. The minimum Gasteiger partial charge on any atom is -0.495 e. The minimum atomic E-state index is -0.114. The van der Waals surface area contributed by atoms with E-state index in [0.717, 1.165) is 5.69 Å². The van der Waals surface area contributed by atoms with Crippen molar-refractivity contribution in [1.29, 1.82) is 0 Å². The molecule has 2 rings (SSSR count). The van der Waals surface area contributed by atoms with Gasteiger partial charge in [-0.2, -0.15) is 0 Å². The number of benzene rings is 1. The van der Waals surface area contributed by atoms with Gasteiger partial charge in [-0.1, -0.05) is 36.1 Å². The molecule has 1 aliphatic rings. The van der Waals surface area contributed by atoms with Gasteiger partial charge in [0.1, 0.15) is 10.1 Å². The fraction of sp³-hybridized carbons (Fsp3) is 0.273. The molecular formula is C11H11NO2S2. The second-order valence-corrected chi connectivity index (χ2v) is 5.35. The average Bonchev–Trinajstić information content (AvgIpc) is 2.53. The van der Waals surface area contributed by atoms with E-state index in [9.17, 15) is 4.79 Å². The third kappa shape index (κ3) is 1.81. The highest BCUT2D eigenvalue weighted by atomic mass is 32.2. The molecule has 1 heterocycles. The predicted molar refractivity (Wildman–Crippen MR) is 70.1 cm³/mol. The van der Waals surface area contributed by atoms with Gasteiger partial charge in [-0.05, 0) is 19.1 Å². The molecule has 1 amide bonds. The van der Waals surface area contributed by atoms with Gasteiger partial charge < -0.3 is 4.74 Å². The summed E-state index contributed by atoms with van der Waals surface area (Å²) in [6.07, 6.45) is 0. The van der Waals surface area contributed by atoms with Crippen LogP contribution in [0.2, 0.25) is 0 Å². The summed E-state index contributed by atoms with van der Waals surface area (Å²) in [7, 11) is 1.58. The van der Waals surface area contributed by atoms with Crippen molar-refractivity contribution in [2.24, 2.45) is 0 Å². The maximum atomic E-state index is 11.9. The van der Waals surface area contributed by atoms with Crippen molar-refractivity contribution in [3.8, 4) is 5.75 Å². The quantitative estimate of drug-likeness (QED) is 0.757. The predicted octanol–water partition coefficient (Wildman–Crippen LogP) is 2.45. The Morgan fingerprint density at radius 3 is 2.69 bits per heavy atom. The van der Waals surface area contributed by atoms with Gasteiger partial charge in [0.2, 0.25) is 5.91 Å². The molecule has 0 bridgehead atoms. The number of rotatable bonds is 2. The van der Waals surface area contributed by atoms with Crippen LogP contribution in [0.15, 0.2) is 24.3 Å². The van der Waals surface area contributed by atoms with E-state index in [2.05, 4.69) is 0 Å². The first kappa shape index (κ1) is 11.4. The maximum absolute atomic E-state index is 11.9. The summed E-state index contributed by atoms with van der Waals surface area (Å²) >= 11 is 6.60. The van der Waals surface area contributed by atoms with Gasteiger partial charge in [-0.15, -0.1) is 0 Å². The Balaban J connectivity index is 2.44. The maximum Gasteiger partial charge on any atom is 0.246 e. The molecule has 3 nitrogen and oxygen atoms in total. The molecule has 1 aliphatic heterocycles. The summed E-state index contributed by atoms with van der Waals surface area (Å²) < 4.78 is 5.81. The monoisotopic (exact) mass is 253 g/mol. The van der Waals surface area contributed by atoms with E-state index in [-0.39, 0.29) is 11.2 Å². The number of thiocarbonyl (C=S) groups is 1. The zero-order chi connectivity index (χ0) is 11.7. The highest BCUT2D eigenvalue weighted by molar-refractivity contribution is 8.25. The number of ether oxygens (including phenoxy) is 1. The lowest BCUT2D eigenvalue weighted by molar-refractivity contribution is -0.116. The van der Waals surface area contributed by atoms with Crippen molar-refractivity contribution < 1.29 is 9.53 Å². The standard InChI is InChI=1S/C11H11NO2S2/c1-7-10(13)12(11(15)16-7)8-5-3-4-6-9(8)14-2/h3-7H,1-2H3/t7-/m0/s1. The van der Waals surface area contributed by atoms with Crippen molar-refractivity contribution in [3.05, 3.63) is 24.3 Å². The molecule has 16 heavy (non-hydrogen) atoms. The Hall–Kier alpha value is -1.07. The van der Waals surface area contributed by atoms with Crippen LogP contribution in [0.4, 0.5) is 5.69 Å². The van der Waals surface area contributed by atoms with Crippen LogP contribution in [-0.2, 0) is 4.79 Å². The first-order chi connectivity index (χ1) is 7.65. The van der Waals surface area contributed by atoms with Gasteiger partial charge in [-0.3, -0.25) is 9.69 Å². The molecule has 0 aromatic heterocycles. The normalized spacial score (nSPS) is 20.4. The number of nitrogens with zero attached hydrogens (tertiary/aromatic N) is 1. The van der Waals surface area contributed by atoms with Crippen molar-refractivity contribution in [2.75, 3.05) is 12.0 Å². The molecule has 0 aliphatic carbocycles. The molecule has 1 fully saturated rings. The third-order valence-electron chi connectivity index (χ3n) is 2.35. The number of amides is 1. The van der Waals surface area contributed by atoms with Crippen molar-refractivity contribution in [1.82, 2.24) is 0 Å². The van der Waals surface area contributed by atoms with Gasteiger partial charge in [0.15, 0.2) is 0 Å². The first-order valence-electron chi connectivity index (χ1n) is 4.82. The lowest BCUT2D eigenvalue weighted by Gasteiger charge is -2.18. The highest BCUT2D eigenvalue weighted by Crippen LogP contribution is 2.36. The largest absolute Gasteiger partial charge is 0.495 e. The Morgan fingerprint density at radius 1 is 1.44 bits per heavy atom. The summed E-state index contributed by atoms with van der Waals surface area (Å²) in [4.78, 5) is 13.5. The van der Waals surface area contributed by atoms with Gasteiger partial charge in [0.05, 0.1) is 18.0 Å². The third-order valence-corrected chi connectivity index (χ3v) is 3.77. The molecule has 0 radical (unpaired) electrons. The van der Waals surface area contributed by atoms with E-state index in [1.54, 1.807) is 12.0 Å². The molecular weight excluding hydrogens is 242 g/mol. The fourth-order valence-corrected chi connectivity index (χ4v) is 2.98. The average molecular weight is 253 g/mol. The van der Waals surface area contributed by atoms with Crippen LogP contribution in [0.1, 0.15) is 6.92 Å². The molecule has 0 saturated carbocycles. The van der Waals surface area contributed by atoms with E-state index in [1.807, 2.05) is 31.2 Å². The number of para-hydroxylation sites is 2. The SMILES string of the molecule is COc1ccccc1N1C(=O)[C@H](C)SC1=S. The number of carbonyl (C=O) groups excluding carboxylic acids is 1. The summed E-state index contributed by atoms with van der Waals surface area (Å²) in [5.74, 6) is 0.674. The summed E-state index contributed by atoms with van der Waals surface area (Å²) in [6.45, 7) is 1.86. The molecule has 0 spiro atoms. The first-order valence-corrected chi connectivity index (χ1v) is 6.11. The lowest BCUT2D eigenvalue weighted by Crippen LogP contribution is -2.30. The van der Waals surface area contributed by atoms with Crippen LogP contribution in [0.5, 0.6) is 5.75 Å². The van der Waals surface area contributed by atoms with Crippen LogP contribution < -0.4 is 9.64 Å². The topological polar surface area (TPSA) is 29.5 Å². The van der Waals surface area contributed by atoms with Crippen molar-refractivity contribution >= 4 is 39.9 Å². The summed E-state index contributed by atoms with van der Waals surface area (Å²) in [6, 6.07) is 7.38. The fourth-order valence-electron chi connectivity index (χ4n) is 1.56. The Labute approximate surface area is 104 Å². The minimum absolute atomic E-state index is 0.0134. The van der Waals surface area contributed by atoms with Gasteiger partial charge in [0, 0.05) is 0 Å². The Morgan fingerprint density at radius 2 is 2.12 bits per heavy atom. The Kier molecular flexibility index (Phi) is 3.16. The number of hydrogen-bond acceptors (Lipinski definition) is 4. The highest BCUT2D eigenvalue weighted by Gasteiger charge is 2.36. The zero-order valence-corrected chi connectivity index (χ0v) is 10.6. The Bertz CT molecular complexity index is 447. The number of methoxy groups -OCH3 is 1. The van der Waals surface area contributed by atoms with E-state index in [0.29, 0.717) is 10.1 Å². The number of hydrogen-bond donors (Lipinski definition) is 0. The van der Waals surface area contributed by atoms with E-state index in [4.69, 9.17) is 17.0 Å². The van der Waals surface area contributed by atoms with Crippen LogP contribution in [0, 0.1) is 0 Å². The van der Waals surface area contributed by atoms with Crippen molar-refractivity contribution in [3.63, 3.8) is 0 Å². The molecule has 84 valence electrons. The summed E-state index contributed by atoms with van der Waals surface area (Å²) in [5.41, 5.74) is 0.719. The lowest BCUT2D eigenvalue weighted by atomic mass is 10.2. The van der Waals surface area contributed by atoms with Crippen LogP contribution in [0.25, 0.3) is 0 Å². The second kappa shape index (κ2) is 4.43. The number of anilines is 1. The van der Waals surface area contributed by atoms with E-state index in [1.165, 1.54) is 11.8 Å². The summed E-state index contributed by atoms with van der Waals surface area (Å²) in [5, 5.41) is -0.114.